The highest BCUT2D eigenvalue weighted by atomic mass is 35.5. The molecule has 2 rings (SSSR count). The summed E-state index contributed by atoms with van der Waals surface area (Å²) in [5.41, 5.74) is 0.539. The van der Waals surface area contributed by atoms with Gasteiger partial charge in [0.25, 0.3) is 0 Å². The largest absolute Gasteiger partial charge is 0.322 e. The van der Waals surface area contributed by atoms with Crippen LogP contribution < -0.4 is 10.6 Å². The third-order valence-electron chi connectivity index (χ3n) is 3.23. The Hall–Kier alpha value is -0.970. The van der Waals surface area contributed by atoms with Gasteiger partial charge < -0.3 is 15.5 Å². The van der Waals surface area contributed by atoms with Crippen LogP contribution in [-0.2, 0) is 0 Å². The summed E-state index contributed by atoms with van der Waals surface area (Å²) in [6.07, 6.45) is 0. The van der Waals surface area contributed by atoms with E-state index in [9.17, 15) is 4.79 Å². The molecule has 2 unspecified atom stereocenters. The summed E-state index contributed by atoms with van der Waals surface area (Å²) in [4.78, 5) is 14.2. The molecule has 2 atom stereocenters. The normalized spacial score (nSPS) is 23.3. The number of halogens is 2. The highest BCUT2D eigenvalue weighted by Gasteiger charge is 2.29. The van der Waals surface area contributed by atoms with Crippen LogP contribution in [0.25, 0.3) is 0 Å². The van der Waals surface area contributed by atoms with Gasteiger partial charge in [-0.1, -0.05) is 23.2 Å². The molecule has 19 heavy (non-hydrogen) atoms. The molecule has 2 amide bonds. The second kappa shape index (κ2) is 5.99. The van der Waals surface area contributed by atoms with Gasteiger partial charge in [-0.25, -0.2) is 4.79 Å². The maximum absolute atomic E-state index is 12.3. The molecule has 0 aromatic heterocycles. The minimum atomic E-state index is -0.148. The zero-order chi connectivity index (χ0) is 14.0. The van der Waals surface area contributed by atoms with E-state index < -0.39 is 0 Å². The van der Waals surface area contributed by atoms with Crippen molar-refractivity contribution in [2.45, 2.75) is 25.9 Å². The maximum atomic E-state index is 12.3. The Balaban J connectivity index is 2.13. The smallest absolute Gasteiger partial charge is 0.317 e. The van der Waals surface area contributed by atoms with Gasteiger partial charge in [-0.15, -0.1) is 0 Å². The molecule has 1 aliphatic heterocycles. The first-order valence-electron chi connectivity index (χ1n) is 6.24. The van der Waals surface area contributed by atoms with E-state index in [1.54, 1.807) is 18.2 Å². The van der Waals surface area contributed by atoms with Gasteiger partial charge in [0.1, 0.15) is 0 Å². The molecule has 0 radical (unpaired) electrons. The topological polar surface area (TPSA) is 44.4 Å². The third kappa shape index (κ3) is 3.32. The lowest BCUT2D eigenvalue weighted by Gasteiger charge is -2.39. The molecular formula is C13H17Cl2N3O. The molecule has 1 aromatic carbocycles. The Labute approximate surface area is 123 Å². The van der Waals surface area contributed by atoms with Gasteiger partial charge in [0.2, 0.25) is 0 Å². The van der Waals surface area contributed by atoms with Gasteiger partial charge in [0.05, 0.1) is 10.7 Å². The maximum Gasteiger partial charge on any atom is 0.322 e. The van der Waals surface area contributed by atoms with E-state index >= 15 is 0 Å². The first-order valence-corrected chi connectivity index (χ1v) is 6.99. The number of carbonyl (C=O) groups is 1. The second-order valence-electron chi connectivity index (χ2n) is 4.82. The molecular weight excluding hydrogens is 285 g/mol. The summed E-state index contributed by atoms with van der Waals surface area (Å²) in [5, 5.41) is 7.13. The predicted octanol–water partition coefficient (Wildman–Crippen LogP) is 3.21. The molecule has 1 fully saturated rings. The summed E-state index contributed by atoms with van der Waals surface area (Å²) < 4.78 is 0. The number of amides is 2. The number of rotatable bonds is 1. The molecule has 0 bridgehead atoms. The molecule has 1 aliphatic rings. The lowest BCUT2D eigenvalue weighted by Crippen LogP contribution is -2.58. The van der Waals surface area contributed by atoms with Crippen molar-refractivity contribution in [3.8, 4) is 0 Å². The predicted molar refractivity (Wildman–Crippen MR) is 79.1 cm³/mol. The molecule has 1 saturated heterocycles. The Kier molecular flexibility index (Phi) is 4.55. The number of nitrogens with zero attached hydrogens (tertiary/aromatic N) is 1. The fourth-order valence-corrected chi connectivity index (χ4v) is 2.64. The van der Waals surface area contributed by atoms with Crippen molar-refractivity contribution in [1.82, 2.24) is 10.2 Å². The molecule has 104 valence electrons. The molecule has 1 aromatic rings. The zero-order valence-electron chi connectivity index (χ0n) is 10.9. The van der Waals surface area contributed by atoms with Gasteiger partial charge in [-0.05, 0) is 32.0 Å². The van der Waals surface area contributed by atoms with E-state index in [1.807, 2.05) is 18.7 Å². The first kappa shape index (κ1) is 14.4. The lowest BCUT2D eigenvalue weighted by atomic mass is 10.1. The van der Waals surface area contributed by atoms with Crippen LogP contribution in [0.5, 0.6) is 0 Å². The molecule has 2 N–H and O–H groups in total. The van der Waals surface area contributed by atoms with E-state index in [-0.39, 0.29) is 18.1 Å². The number of benzene rings is 1. The van der Waals surface area contributed by atoms with E-state index in [4.69, 9.17) is 23.2 Å². The molecule has 1 heterocycles. The first-order chi connectivity index (χ1) is 8.99. The summed E-state index contributed by atoms with van der Waals surface area (Å²) in [6.45, 7) is 5.62. The number of anilines is 1. The van der Waals surface area contributed by atoms with Gasteiger partial charge >= 0.3 is 6.03 Å². The second-order valence-corrected chi connectivity index (χ2v) is 5.66. The van der Waals surface area contributed by atoms with Crippen LogP contribution in [0, 0.1) is 0 Å². The lowest BCUT2D eigenvalue weighted by molar-refractivity contribution is 0.143. The quantitative estimate of drug-likeness (QED) is 0.836. The van der Waals surface area contributed by atoms with E-state index in [0.717, 1.165) is 13.1 Å². The van der Waals surface area contributed by atoms with Crippen LogP contribution in [0.2, 0.25) is 10.0 Å². The standard InChI is InChI=1S/C13H17Cl2N3O/c1-8-6-16-7-9(2)18(8)13(19)17-12-5-10(14)3-4-11(12)15/h3-5,8-9,16H,6-7H2,1-2H3,(H,17,19). The van der Waals surface area contributed by atoms with Crippen LogP contribution in [-0.4, -0.2) is 36.1 Å². The molecule has 6 heteroatoms. The highest BCUT2D eigenvalue weighted by Crippen LogP contribution is 2.26. The summed E-state index contributed by atoms with van der Waals surface area (Å²) in [5.74, 6) is 0. The van der Waals surface area contributed by atoms with Crippen molar-refractivity contribution in [2.24, 2.45) is 0 Å². The third-order valence-corrected chi connectivity index (χ3v) is 3.80. The number of piperazine rings is 1. The number of carbonyl (C=O) groups excluding carboxylic acids is 1. The highest BCUT2D eigenvalue weighted by molar-refractivity contribution is 6.35. The number of urea groups is 1. The monoisotopic (exact) mass is 301 g/mol. The van der Waals surface area contributed by atoms with E-state index in [0.29, 0.717) is 15.7 Å². The Morgan fingerprint density at radius 1 is 1.32 bits per heavy atom. The summed E-state index contributed by atoms with van der Waals surface area (Å²) in [6, 6.07) is 5.15. The zero-order valence-corrected chi connectivity index (χ0v) is 12.4. The number of hydrogen-bond acceptors (Lipinski definition) is 2. The number of nitrogens with one attached hydrogen (secondary N) is 2. The van der Waals surface area contributed by atoms with Crippen LogP contribution >= 0.6 is 23.2 Å². The van der Waals surface area contributed by atoms with Gasteiger partial charge in [0, 0.05) is 30.2 Å². The van der Waals surface area contributed by atoms with E-state index in [2.05, 4.69) is 10.6 Å². The number of hydrogen-bond donors (Lipinski definition) is 2. The van der Waals surface area contributed by atoms with Crippen LogP contribution in [0.1, 0.15) is 13.8 Å². The minimum absolute atomic E-state index is 0.140. The average molecular weight is 302 g/mol. The Morgan fingerprint density at radius 3 is 2.58 bits per heavy atom. The molecule has 0 spiro atoms. The van der Waals surface area contributed by atoms with Crippen molar-refractivity contribution < 1.29 is 4.79 Å². The van der Waals surface area contributed by atoms with E-state index in [1.165, 1.54) is 0 Å². The van der Waals surface area contributed by atoms with Gasteiger partial charge in [0.15, 0.2) is 0 Å². The van der Waals surface area contributed by atoms with Crippen molar-refractivity contribution in [2.75, 3.05) is 18.4 Å². The summed E-state index contributed by atoms with van der Waals surface area (Å²) in [7, 11) is 0. The van der Waals surface area contributed by atoms with Crippen LogP contribution in [0.4, 0.5) is 10.5 Å². The van der Waals surface area contributed by atoms with Gasteiger partial charge in [-0.3, -0.25) is 0 Å². The van der Waals surface area contributed by atoms with Crippen molar-refractivity contribution >= 4 is 34.9 Å². The van der Waals surface area contributed by atoms with Gasteiger partial charge in [-0.2, -0.15) is 0 Å². The summed E-state index contributed by atoms with van der Waals surface area (Å²) >= 11 is 12.0. The Bertz CT molecular complexity index is 471. The minimum Gasteiger partial charge on any atom is -0.317 e. The SMILES string of the molecule is CC1CNCC(C)N1C(=O)Nc1cc(Cl)ccc1Cl. The molecule has 0 aliphatic carbocycles. The van der Waals surface area contributed by atoms with Crippen molar-refractivity contribution in [1.29, 1.82) is 0 Å². The van der Waals surface area contributed by atoms with Crippen molar-refractivity contribution in [3.63, 3.8) is 0 Å². The van der Waals surface area contributed by atoms with Crippen LogP contribution in [0.15, 0.2) is 18.2 Å². The fourth-order valence-electron chi connectivity index (χ4n) is 2.31. The fraction of sp³-hybridized carbons (Fsp3) is 0.462. The van der Waals surface area contributed by atoms with Crippen LogP contribution in [0.3, 0.4) is 0 Å². The van der Waals surface area contributed by atoms with Crippen molar-refractivity contribution in [3.05, 3.63) is 28.2 Å². The molecule has 0 saturated carbocycles. The average Bonchev–Trinajstić information content (AvgIpc) is 2.33. The molecule has 4 nitrogen and oxygen atoms in total. The Morgan fingerprint density at radius 2 is 1.95 bits per heavy atom.